The van der Waals surface area contributed by atoms with Crippen LogP contribution in [-0.4, -0.2) is 23.6 Å². The molecule has 1 amide bonds. The standard InChI is InChI=1S/C18H15ClN2O3S/c1-24-16(22)9-10-21-14-8-7-13(19)11-15(14)25-18(21)20-17(23)12-5-3-2-4-6-12/h2-8,11H,9-10H2,1H3. The molecule has 0 spiro atoms. The molecule has 0 unspecified atom stereocenters. The molecule has 0 aliphatic rings. The lowest BCUT2D eigenvalue weighted by Gasteiger charge is -2.04. The zero-order valence-electron chi connectivity index (χ0n) is 13.4. The molecule has 0 fully saturated rings. The molecule has 0 radical (unpaired) electrons. The van der Waals surface area contributed by atoms with Crippen LogP contribution in [-0.2, 0) is 16.1 Å². The summed E-state index contributed by atoms with van der Waals surface area (Å²) >= 11 is 7.42. The molecule has 0 aliphatic heterocycles. The number of halogens is 1. The molecular weight excluding hydrogens is 360 g/mol. The summed E-state index contributed by atoms with van der Waals surface area (Å²) in [6, 6.07) is 14.3. The fraction of sp³-hybridized carbons (Fsp3) is 0.167. The predicted molar refractivity (Wildman–Crippen MR) is 97.8 cm³/mol. The van der Waals surface area contributed by atoms with Gasteiger partial charge < -0.3 is 9.30 Å². The highest BCUT2D eigenvalue weighted by Crippen LogP contribution is 2.22. The van der Waals surface area contributed by atoms with Crippen LogP contribution in [0.15, 0.2) is 53.5 Å². The van der Waals surface area contributed by atoms with Crippen LogP contribution >= 0.6 is 22.9 Å². The molecule has 0 saturated carbocycles. The van der Waals surface area contributed by atoms with Gasteiger partial charge in [0.25, 0.3) is 5.91 Å². The van der Waals surface area contributed by atoms with Crippen molar-refractivity contribution in [2.75, 3.05) is 7.11 Å². The third kappa shape index (κ3) is 3.97. The zero-order valence-corrected chi connectivity index (χ0v) is 15.0. The number of methoxy groups -OCH3 is 1. The highest BCUT2D eigenvalue weighted by molar-refractivity contribution is 7.16. The summed E-state index contributed by atoms with van der Waals surface area (Å²) in [5.41, 5.74) is 1.38. The molecule has 7 heteroatoms. The second kappa shape index (κ2) is 7.63. The van der Waals surface area contributed by atoms with Crippen LogP contribution in [0.2, 0.25) is 5.02 Å². The number of ether oxygens (including phenoxy) is 1. The minimum absolute atomic E-state index is 0.192. The quantitative estimate of drug-likeness (QED) is 0.655. The van der Waals surface area contributed by atoms with Gasteiger partial charge in [-0.1, -0.05) is 41.1 Å². The molecular formula is C18H15ClN2O3S. The lowest BCUT2D eigenvalue weighted by atomic mass is 10.2. The van der Waals surface area contributed by atoms with E-state index in [4.69, 9.17) is 16.3 Å². The summed E-state index contributed by atoms with van der Waals surface area (Å²) in [6.07, 6.45) is 0.192. The Morgan fingerprint density at radius 3 is 2.68 bits per heavy atom. The molecule has 128 valence electrons. The number of nitrogens with zero attached hydrogens (tertiary/aromatic N) is 2. The van der Waals surface area contributed by atoms with Crippen molar-refractivity contribution in [2.45, 2.75) is 13.0 Å². The fourth-order valence-electron chi connectivity index (χ4n) is 2.39. The third-order valence-corrected chi connectivity index (χ3v) is 4.91. The second-order valence-corrected chi connectivity index (χ2v) is 6.70. The number of thiazole rings is 1. The molecule has 0 bridgehead atoms. The summed E-state index contributed by atoms with van der Waals surface area (Å²) in [6.45, 7) is 0.370. The molecule has 5 nitrogen and oxygen atoms in total. The van der Waals surface area contributed by atoms with E-state index < -0.39 is 0 Å². The Hall–Kier alpha value is -2.44. The Kier molecular flexibility index (Phi) is 5.31. The van der Waals surface area contributed by atoms with Crippen molar-refractivity contribution in [3.8, 4) is 0 Å². The number of aromatic nitrogens is 1. The molecule has 1 aromatic heterocycles. The van der Waals surface area contributed by atoms with Crippen molar-refractivity contribution >= 4 is 45.0 Å². The molecule has 1 heterocycles. The molecule has 3 aromatic rings. The van der Waals surface area contributed by atoms with Gasteiger partial charge in [0.05, 0.1) is 23.7 Å². The second-order valence-electron chi connectivity index (χ2n) is 5.26. The van der Waals surface area contributed by atoms with Crippen molar-refractivity contribution in [1.82, 2.24) is 4.57 Å². The number of carbonyl (C=O) groups is 2. The summed E-state index contributed by atoms with van der Waals surface area (Å²) in [4.78, 5) is 28.7. The Bertz CT molecular complexity index is 992. The fourth-order valence-corrected chi connectivity index (χ4v) is 3.72. The normalized spacial score (nSPS) is 11.7. The van der Waals surface area contributed by atoms with Crippen molar-refractivity contribution in [3.05, 3.63) is 63.9 Å². The summed E-state index contributed by atoms with van der Waals surface area (Å²) in [7, 11) is 1.35. The van der Waals surface area contributed by atoms with Crippen LogP contribution in [0.5, 0.6) is 0 Å². The molecule has 25 heavy (non-hydrogen) atoms. The average Bonchev–Trinajstić information content (AvgIpc) is 2.96. The predicted octanol–water partition coefficient (Wildman–Crippen LogP) is 3.66. The number of rotatable bonds is 4. The number of aryl methyl sites for hydroxylation is 1. The average molecular weight is 375 g/mol. The van der Waals surface area contributed by atoms with Crippen LogP contribution in [0, 0.1) is 0 Å². The largest absolute Gasteiger partial charge is 0.469 e. The van der Waals surface area contributed by atoms with Gasteiger partial charge in [-0.2, -0.15) is 4.99 Å². The molecule has 2 aromatic carbocycles. The maximum atomic E-state index is 12.4. The van der Waals surface area contributed by atoms with Crippen LogP contribution in [0.1, 0.15) is 16.8 Å². The molecule has 0 aliphatic carbocycles. The number of benzene rings is 2. The first kappa shape index (κ1) is 17.4. The van der Waals surface area contributed by atoms with Crippen molar-refractivity contribution in [2.24, 2.45) is 4.99 Å². The van der Waals surface area contributed by atoms with E-state index in [-0.39, 0.29) is 18.3 Å². The highest BCUT2D eigenvalue weighted by atomic mass is 35.5. The topological polar surface area (TPSA) is 60.7 Å². The van der Waals surface area contributed by atoms with Gasteiger partial charge >= 0.3 is 5.97 Å². The van der Waals surface area contributed by atoms with E-state index in [1.807, 2.05) is 22.8 Å². The Labute approximate surface area is 153 Å². The van der Waals surface area contributed by atoms with Crippen molar-refractivity contribution < 1.29 is 14.3 Å². The monoisotopic (exact) mass is 374 g/mol. The number of hydrogen-bond donors (Lipinski definition) is 0. The first-order chi connectivity index (χ1) is 12.1. The first-order valence-corrected chi connectivity index (χ1v) is 8.78. The number of esters is 1. The smallest absolute Gasteiger partial charge is 0.307 e. The number of hydrogen-bond acceptors (Lipinski definition) is 4. The van der Waals surface area contributed by atoms with Crippen molar-refractivity contribution in [3.63, 3.8) is 0 Å². The number of amides is 1. The van der Waals surface area contributed by atoms with Crippen LogP contribution in [0.4, 0.5) is 0 Å². The van der Waals surface area contributed by atoms with Gasteiger partial charge in [-0.25, -0.2) is 0 Å². The molecule has 0 atom stereocenters. The van der Waals surface area contributed by atoms with E-state index in [1.54, 1.807) is 30.3 Å². The van der Waals surface area contributed by atoms with E-state index >= 15 is 0 Å². The lowest BCUT2D eigenvalue weighted by Crippen LogP contribution is -2.19. The Morgan fingerprint density at radius 1 is 1.20 bits per heavy atom. The van der Waals surface area contributed by atoms with Crippen LogP contribution in [0.3, 0.4) is 0 Å². The molecule has 3 rings (SSSR count). The van der Waals surface area contributed by atoms with Gasteiger partial charge in [-0.05, 0) is 30.3 Å². The van der Waals surface area contributed by atoms with E-state index in [9.17, 15) is 9.59 Å². The van der Waals surface area contributed by atoms with Crippen LogP contribution < -0.4 is 4.80 Å². The maximum Gasteiger partial charge on any atom is 0.307 e. The van der Waals surface area contributed by atoms with Gasteiger partial charge in [-0.15, -0.1) is 0 Å². The molecule has 0 N–H and O–H groups in total. The van der Waals surface area contributed by atoms with Crippen LogP contribution in [0.25, 0.3) is 10.2 Å². The van der Waals surface area contributed by atoms with Crippen molar-refractivity contribution in [1.29, 1.82) is 0 Å². The SMILES string of the molecule is COC(=O)CCn1c(=NC(=O)c2ccccc2)sc2cc(Cl)ccc21. The minimum atomic E-state index is -0.329. The first-order valence-electron chi connectivity index (χ1n) is 7.58. The summed E-state index contributed by atoms with van der Waals surface area (Å²) in [5, 5.41) is 0.606. The van der Waals surface area contributed by atoms with E-state index in [0.717, 1.165) is 10.2 Å². The Balaban J connectivity index is 2.07. The van der Waals surface area contributed by atoms with Gasteiger partial charge in [0.15, 0.2) is 4.80 Å². The summed E-state index contributed by atoms with van der Waals surface area (Å²) < 4.78 is 7.44. The van der Waals surface area contributed by atoms with Gasteiger partial charge in [-0.3, -0.25) is 9.59 Å². The van der Waals surface area contributed by atoms with E-state index in [1.165, 1.54) is 18.4 Å². The number of fused-ring (bicyclic) bond motifs is 1. The van der Waals surface area contributed by atoms with Gasteiger partial charge in [0.2, 0.25) is 0 Å². The van der Waals surface area contributed by atoms with Gasteiger partial charge in [0, 0.05) is 17.1 Å². The molecule has 0 saturated heterocycles. The highest BCUT2D eigenvalue weighted by Gasteiger charge is 2.11. The van der Waals surface area contributed by atoms with E-state index in [0.29, 0.717) is 21.9 Å². The third-order valence-electron chi connectivity index (χ3n) is 3.63. The Morgan fingerprint density at radius 2 is 1.96 bits per heavy atom. The minimum Gasteiger partial charge on any atom is -0.469 e. The van der Waals surface area contributed by atoms with E-state index in [2.05, 4.69) is 4.99 Å². The maximum absolute atomic E-state index is 12.4. The van der Waals surface area contributed by atoms with Gasteiger partial charge in [0.1, 0.15) is 0 Å². The lowest BCUT2D eigenvalue weighted by molar-refractivity contribution is -0.140. The zero-order chi connectivity index (χ0) is 17.8. The summed E-state index contributed by atoms with van der Waals surface area (Å²) in [5.74, 6) is -0.647. The number of carbonyl (C=O) groups excluding carboxylic acids is 2.